The first kappa shape index (κ1) is 31.8. The van der Waals surface area contributed by atoms with Crippen LogP contribution in [0.15, 0.2) is 78.9 Å². The average Bonchev–Trinajstić information content (AvgIpc) is 2.91. The minimum atomic E-state index is -0.758. The van der Waals surface area contributed by atoms with Gasteiger partial charge >= 0.3 is 0 Å². The lowest BCUT2D eigenvalue weighted by Crippen LogP contribution is -2.56. The van der Waals surface area contributed by atoms with Crippen LogP contribution >= 0.6 is 0 Å². The number of nitrogens with zero attached hydrogens (tertiary/aromatic N) is 1. The molecule has 0 fully saturated rings. The molecular formula is C34H44FN3O3. The molecule has 0 aliphatic carbocycles. The summed E-state index contributed by atoms with van der Waals surface area (Å²) in [6.07, 6.45) is 0.952. The maximum Gasteiger partial charge on any atom is 0.243 e. The molecule has 0 aliphatic rings. The van der Waals surface area contributed by atoms with Gasteiger partial charge in [0.2, 0.25) is 11.8 Å². The monoisotopic (exact) mass is 561 g/mol. The number of ether oxygens (including phenoxy) is 1. The Morgan fingerprint density at radius 1 is 0.854 bits per heavy atom. The Labute approximate surface area is 244 Å². The zero-order valence-electron chi connectivity index (χ0n) is 25.1. The minimum Gasteiger partial charge on any atom is -0.489 e. The highest BCUT2D eigenvalue weighted by atomic mass is 19.1. The van der Waals surface area contributed by atoms with Crippen LogP contribution < -0.4 is 15.4 Å². The van der Waals surface area contributed by atoms with Crippen LogP contribution in [0, 0.1) is 11.7 Å². The molecule has 0 bridgehead atoms. The van der Waals surface area contributed by atoms with Gasteiger partial charge in [0, 0.05) is 18.5 Å². The molecule has 6 nitrogen and oxygen atoms in total. The summed E-state index contributed by atoms with van der Waals surface area (Å²) in [6.45, 7) is 10.8. The fraction of sp³-hybridized carbons (Fsp3) is 0.412. The Morgan fingerprint density at radius 2 is 1.46 bits per heavy atom. The second-order valence-corrected chi connectivity index (χ2v) is 12.1. The summed E-state index contributed by atoms with van der Waals surface area (Å²) >= 11 is 0. The first-order chi connectivity index (χ1) is 19.4. The van der Waals surface area contributed by atoms with Gasteiger partial charge in [0.25, 0.3) is 0 Å². The van der Waals surface area contributed by atoms with Crippen molar-refractivity contribution in [2.75, 3.05) is 7.05 Å². The van der Waals surface area contributed by atoms with Crippen LogP contribution in [0.3, 0.4) is 0 Å². The number of carbonyl (C=O) groups is 2. The summed E-state index contributed by atoms with van der Waals surface area (Å²) in [4.78, 5) is 29.0. The fourth-order valence-electron chi connectivity index (χ4n) is 4.55. The van der Waals surface area contributed by atoms with Gasteiger partial charge in [0.15, 0.2) is 0 Å². The second-order valence-electron chi connectivity index (χ2n) is 12.1. The number of nitrogens with one attached hydrogen (secondary N) is 2. The number of hydrogen-bond donors (Lipinski definition) is 2. The highest BCUT2D eigenvalue weighted by Gasteiger charge is 2.30. The average molecular weight is 562 g/mol. The minimum absolute atomic E-state index is 0.208. The smallest absolute Gasteiger partial charge is 0.243 e. The molecule has 3 aromatic rings. The number of carbonyl (C=O) groups excluding carboxylic acids is 2. The van der Waals surface area contributed by atoms with Crippen LogP contribution in [-0.4, -0.2) is 41.4 Å². The predicted octanol–water partition coefficient (Wildman–Crippen LogP) is 5.89. The molecule has 2 unspecified atom stereocenters. The third kappa shape index (κ3) is 11.0. The van der Waals surface area contributed by atoms with E-state index in [9.17, 15) is 14.0 Å². The van der Waals surface area contributed by atoms with E-state index < -0.39 is 17.6 Å². The first-order valence-electron chi connectivity index (χ1n) is 14.2. The first-order valence-corrected chi connectivity index (χ1v) is 14.2. The van der Waals surface area contributed by atoms with Gasteiger partial charge in [-0.25, -0.2) is 4.39 Å². The van der Waals surface area contributed by atoms with Crippen molar-refractivity contribution in [2.24, 2.45) is 5.92 Å². The summed E-state index contributed by atoms with van der Waals surface area (Å²) < 4.78 is 19.3. The van der Waals surface area contributed by atoms with Gasteiger partial charge in [-0.3, -0.25) is 14.5 Å². The molecule has 3 aromatic carbocycles. The second kappa shape index (κ2) is 14.8. The zero-order chi connectivity index (χ0) is 30.0. The number of likely N-dealkylation sites (N-methyl/N-ethyl adjacent to an activating group) is 1. The number of amides is 2. The van der Waals surface area contributed by atoms with E-state index in [0.717, 1.165) is 22.4 Å². The Kier molecular flexibility index (Phi) is 11.5. The van der Waals surface area contributed by atoms with Crippen LogP contribution in [0.1, 0.15) is 57.7 Å². The van der Waals surface area contributed by atoms with Crippen molar-refractivity contribution in [1.29, 1.82) is 0 Å². The molecule has 41 heavy (non-hydrogen) atoms. The molecule has 2 atom stereocenters. The summed E-state index contributed by atoms with van der Waals surface area (Å²) in [6, 6.07) is 22.7. The summed E-state index contributed by atoms with van der Waals surface area (Å²) in [5.74, 6) is 0.250. The van der Waals surface area contributed by atoms with Gasteiger partial charge in [-0.2, -0.15) is 0 Å². The highest BCUT2D eigenvalue weighted by molar-refractivity contribution is 5.90. The van der Waals surface area contributed by atoms with E-state index in [1.165, 1.54) is 12.1 Å². The number of hydrogen-bond acceptors (Lipinski definition) is 4. The van der Waals surface area contributed by atoms with Crippen molar-refractivity contribution in [3.8, 4) is 5.75 Å². The normalized spacial score (nSPS) is 13.1. The van der Waals surface area contributed by atoms with Crippen molar-refractivity contribution < 1.29 is 18.7 Å². The van der Waals surface area contributed by atoms with Crippen molar-refractivity contribution in [3.05, 3.63) is 101 Å². The van der Waals surface area contributed by atoms with Gasteiger partial charge in [0.05, 0.1) is 6.04 Å². The summed E-state index contributed by atoms with van der Waals surface area (Å²) in [7, 11) is 1.88. The molecule has 0 saturated heterocycles. The van der Waals surface area contributed by atoms with Crippen molar-refractivity contribution in [3.63, 3.8) is 0 Å². The van der Waals surface area contributed by atoms with Crippen molar-refractivity contribution in [2.45, 2.75) is 78.2 Å². The molecule has 0 spiro atoms. The molecule has 0 aliphatic heterocycles. The van der Waals surface area contributed by atoms with Gasteiger partial charge in [0.1, 0.15) is 24.2 Å². The number of halogens is 1. The molecule has 2 amide bonds. The maximum absolute atomic E-state index is 13.7. The third-order valence-electron chi connectivity index (χ3n) is 6.62. The third-order valence-corrected chi connectivity index (χ3v) is 6.62. The lowest BCUT2D eigenvalue weighted by Gasteiger charge is -2.31. The highest BCUT2D eigenvalue weighted by Crippen LogP contribution is 2.18. The van der Waals surface area contributed by atoms with Crippen LogP contribution in [0.25, 0.3) is 0 Å². The SMILES string of the molecule is CC(C)CC(C(=O)NC(Cc1ccc(OCc2ccccc2)cc1)C(=O)NC(C)(C)C)N(C)Cc1ccc(F)cc1. The summed E-state index contributed by atoms with van der Waals surface area (Å²) in [5, 5.41) is 6.07. The zero-order valence-corrected chi connectivity index (χ0v) is 25.1. The van der Waals surface area contributed by atoms with E-state index >= 15 is 0 Å². The van der Waals surface area contributed by atoms with E-state index in [0.29, 0.717) is 26.0 Å². The van der Waals surface area contributed by atoms with Gasteiger partial charge < -0.3 is 15.4 Å². The molecule has 0 radical (unpaired) electrons. The van der Waals surface area contributed by atoms with E-state index in [2.05, 4.69) is 24.5 Å². The van der Waals surface area contributed by atoms with Crippen LogP contribution in [0.5, 0.6) is 5.75 Å². The van der Waals surface area contributed by atoms with E-state index in [1.54, 1.807) is 12.1 Å². The van der Waals surface area contributed by atoms with E-state index in [4.69, 9.17) is 4.74 Å². The van der Waals surface area contributed by atoms with Gasteiger partial charge in [-0.05, 0) is 81.1 Å². The molecule has 0 heterocycles. The van der Waals surface area contributed by atoms with Crippen LogP contribution in [-0.2, 0) is 29.2 Å². The Morgan fingerprint density at radius 3 is 2.05 bits per heavy atom. The molecule has 0 saturated carbocycles. The van der Waals surface area contributed by atoms with Crippen molar-refractivity contribution in [1.82, 2.24) is 15.5 Å². The predicted molar refractivity (Wildman–Crippen MR) is 162 cm³/mol. The molecular weight excluding hydrogens is 517 g/mol. The lowest BCUT2D eigenvalue weighted by atomic mass is 9.99. The topological polar surface area (TPSA) is 70.7 Å². The molecule has 0 aromatic heterocycles. The molecule has 220 valence electrons. The Bertz CT molecular complexity index is 1240. The maximum atomic E-state index is 13.7. The fourth-order valence-corrected chi connectivity index (χ4v) is 4.55. The van der Waals surface area contributed by atoms with Gasteiger partial charge in [-0.1, -0.05) is 68.4 Å². The Hall–Kier alpha value is -3.71. The van der Waals surface area contributed by atoms with Gasteiger partial charge in [-0.15, -0.1) is 0 Å². The van der Waals surface area contributed by atoms with E-state index in [1.807, 2.05) is 87.3 Å². The van der Waals surface area contributed by atoms with Crippen LogP contribution in [0.4, 0.5) is 4.39 Å². The van der Waals surface area contributed by atoms with E-state index in [-0.39, 0.29) is 23.5 Å². The number of rotatable bonds is 13. The largest absolute Gasteiger partial charge is 0.489 e. The molecule has 7 heteroatoms. The molecule has 2 N–H and O–H groups in total. The Balaban J connectivity index is 1.73. The standard InChI is InChI=1S/C34H44FN3O3/c1-24(2)20-31(38(6)22-26-12-16-28(35)17-13-26)33(40)36-30(32(39)37-34(3,4)5)21-25-14-18-29(19-15-25)41-23-27-10-8-7-9-11-27/h7-19,24,30-31H,20-23H2,1-6H3,(H,36,40)(H,37,39). The van der Waals surface area contributed by atoms with Crippen molar-refractivity contribution >= 4 is 11.8 Å². The lowest BCUT2D eigenvalue weighted by molar-refractivity contribution is -0.132. The number of benzene rings is 3. The van der Waals surface area contributed by atoms with Crippen LogP contribution in [0.2, 0.25) is 0 Å². The molecule has 3 rings (SSSR count). The summed E-state index contributed by atoms with van der Waals surface area (Å²) in [5.41, 5.74) is 2.45. The quantitative estimate of drug-likeness (QED) is 0.273.